The number of hydrogen-bond acceptors (Lipinski definition) is 3. The third-order valence-corrected chi connectivity index (χ3v) is 8.46. The fourth-order valence-corrected chi connectivity index (χ4v) is 6.16. The van der Waals surface area contributed by atoms with Crippen molar-refractivity contribution in [3.63, 3.8) is 0 Å². The van der Waals surface area contributed by atoms with Crippen LogP contribution >= 0.6 is 0 Å². The van der Waals surface area contributed by atoms with E-state index in [1.165, 1.54) is 16.5 Å². The van der Waals surface area contributed by atoms with Gasteiger partial charge in [0, 0.05) is 41.1 Å². The summed E-state index contributed by atoms with van der Waals surface area (Å²) in [4.78, 5) is 9.46. The largest absolute Gasteiger partial charge is 2.00 e. The maximum absolute atomic E-state index is 6.46. The molecule has 5 nitrogen and oxygen atoms in total. The SMILES string of the molecule is CC(C)c1ccnc(-n2c3[c-]c(Oc4[c-]c5c(cc4)c4ccccc4n4ccnc54)ccc3c3cc(C(C)C)ccc32)c1.[Pt+2]. The summed E-state index contributed by atoms with van der Waals surface area (Å²) in [7, 11) is 0. The van der Waals surface area contributed by atoms with E-state index in [2.05, 4.69) is 121 Å². The molecule has 6 heteroatoms. The zero-order valence-electron chi connectivity index (χ0n) is 24.9. The summed E-state index contributed by atoms with van der Waals surface area (Å²) in [6.45, 7) is 8.87. The Labute approximate surface area is 270 Å². The fourth-order valence-electron chi connectivity index (χ4n) is 6.16. The summed E-state index contributed by atoms with van der Waals surface area (Å²) in [5.41, 5.74) is 6.56. The van der Waals surface area contributed by atoms with Crippen LogP contribution in [0.5, 0.6) is 11.5 Å². The van der Waals surface area contributed by atoms with Crippen LogP contribution in [0.1, 0.15) is 50.7 Å². The number of rotatable bonds is 5. The first-order chi connectivity index (χ1) is 21.0. The number of benzene rings is 4. The van der Waals surface area contributed by atoms with Crippen LogP contribution in [0, 0.1) is 12.1 Å². The average Bonchev–Trinajstić information content (AvgIpc) is 3.64. The van der Waals surface area contributed by atoms with Crippen LogP contribution in [0.4, 0.5) is 0 Å². The summed E-state index contributed by atoms with van der Waals surface area (Å²) in [6.07, 6.45) is 5.72. The molecular formula is C38H30N4OPt. The topological polar surface area (TPSA) is 44.4 Å². The van der Waals surface area contributed by atoms with Gasteiger partial charge in [0.1, 0.15) is 5.82 Å². The maximum Gasteiger partial charge on any atom is 2.00 e. The number of imidazole rings is 1. The Kier molecular flexibility index (Phi) is 7.02. The molecule has 0 aliphatic heterocycles. The Morgan fingerprint density at radius 2 is 1.41 bits per heavy atom. The second-order valence-electron chi connectivity index (χ2n) is 11.8. The number of aromatic nitrogens is 4. The molecule has 4 aromatic heterocycles. The summed E-state index contributed by atoms with van der Waals surface area (Å²) in [5.74, 6) is 2.94. The molecule has 0 aliphatic carbocycles. The van der Waals surface area contributed by atoms with Crippen LogP contribution in [-0.4, -0.2) is 18.9 Å². The molecule has 0 saturated carbocycles. The van der Waals surface area contributed by atoms with Gasteiger partial charge < -0.3 is 13.7 Å². The summed E-state index contributed by atoms with van der Waals surface area (Å²) < 4.78 is 10.8. The van der Waals surface area contributed by atoms with Gasteiger partial charge in [0.05, 0.1) is 5.65 Å². The van der Waals surface area contributed by atoms with Crippen molar-refractivity contribution in [1.29, 1.82) is 0 Å². The molecule has 44 heavy (non-hydrogen) atoms. The zero-order chi connectivity index (χ0) is 29.2. The predicted molar refractivity (Wildman–Crippen MR) is 175 cm³/mol. The molecule has 4 aromatic carbocycles. The van der Waals surface area contributed by atoms with Gasteiger partial charge in [-0.15, -0.1) is 29.7 Å². The van der Waals surface area contributed by atoms with E-state index in [1.807, 2.05) is 30.7 Å². The Balaban J connectivity index is 0.00000312. The summed E-state index contributed by atoms with van der Waals surface area (Å²) in [5, 5.41) is 5.48. The van der Waals surface area contributed by atoms with Crippen molar-refractivity contribution in [3.8, 4) is 17.3 Å². The molecule has 218 valence electrons. The second-order valence-corrected chi connectivity index (χ2v) is 11.8. The van der Waals surface area contributed by atoms with Crippen LogP contribution in [0.15, 0.2) is 97.5 Å². The number of pyridine rings is 2. The third kappa shape index (κ3) is 4.50. The molecule has 0 N–H and O–H groups in total. The zero-order valence-corrected chi connectivity index (χ0v) is 27.2. The van der Waals surface area contributed by atoms with Gasteiger partial charge in [0.25, 0.3) is 0 Å². The number of para-hydroxylation sites is 1. The van der Waals surface area contributed by atoms with E-state index in [0.29, 0.717) is 23.3 Å². The molecule has 0 radical (unpaired) electrons. The Morgan fingerprint density at radius 3 is 2.23 bits per heavy atom. The molecule has 4 heterocycles. The first-order valence-electron chi connectivity index (χ1n) is 14.8. The molecule has 0 amide bonds. The van der Waals surface area contributed by atoms with Gasteiger partial charge in [0.15, 0.2) is 0 Å². The molecule has 0 aliphatic rings. The minimum atomic E-state index is 0. The third-order valence-electron chi connectivity index (χ3n) is 8.46. The standard InChI is InChI=1S/C38H30N4O.Pt/c1-23(2)25-9-14-35-32(19-25)31-13-11-28(22-36(31)42(35)37-20-26(24(3)4)15-16-39-37)43-27-10-12-29-30-7-5-6-8-34(30)41-18-17-40-38(41)33(29)21-27;/h5-20,23-24H,1-4H3;/q-2;+2. The maximum atomic E-state index is 6.46. The normalized spacial score (nSPS) is 11.9. The van der Waals surface area contributed by atoms with Crippen LogP contribution < -0.4 is 4.74 Å². The first-order valence-corrected chi connectivity index (χ1v) is 14.8. The van der Waals surface area contributed by atoms with Crippen molar-refractivity contribution < 1.29 is 25.8 Å². The number of nitrogens with zero attached hydrogens (tertiary/aromatic N) is 4. The molecule has 0 unspecified atom stereocenters. The predicted octanol–water partition coefficient (Wildman–Crippen LogP) is 9.77. The van der Waals surface area contributed by atoms with E-state index >= 15 is 0 Å². The Morgan fingerprint density at radius 1 is 0.659 bits per heavy atom. The molecule has 0 spiro atoms. The minimum absolute atomic E-state index is 0. The van der Waals surface area contributed by atoms with E-state index in [9.17, 15) is 0 Å². The van der Waals surface area contributed by atoms with E-state index < -0.39 is 0 Å². The van der Waals surface area contributed by atoms with Crippen LogP contribution in [0.25, 0.3) is 54.9 Å². The summed E-state index contributed by atoms with van der Waals surface area (Å²) in [6, 6.07) is 34.7. The number of hydrogen-bond donors (Lipinski definition) is 0. The van der Waals surface area contributed by atoms with Gasteiger partial charge >= 0.3 is 21.1 Å². The van der Waals surface area contributed by atoms with E-state index in [0.717, 1.165) is 49.6 Å². The van der Waals surface area contributed by atoms with Crippen molar-refractivity contribution >= 4 is 49.1 Å². The van der Waals surface area contributed by atoms with Gasteiger partial charge in [-0.3, -0.25) is 4.98 Å². The van der Waals surface area contributed by atoms with Gasteiger partial charge in [-0.25, -0.2) is 4.98 Å². The smallest absolute Gasteiger partial charge is 0.503 e. The van der Waals surface area contributed by atoms with Crippen LogP contribution in [0.3, 0.4) is 0 Å². The molecule has 0 saturated heterocycles. The molecule has 0 atom stereocenters. The van der Waals surface area contributed by atoms with Gasteiger partial charge in [-0.1, -0.05) is 80.4 Å². The number of ether oxygens (including phenoxy) is 1. The number of fused-ring (bicyclic) bond motifs is 9. The molecule has 0 fully saturated rings. The van der Waals surface area contributed by atoms with Crippen LogP contribution in [0.2, 0.25) is 0 Å². The van der Waals surface area contributed by atoms with Gasteiger partial charge in [-0.05, 0) is 58.0 Å². The Bertz CT molecular complexity index is 2350. The molecule has 8 aromatic rings. The minimum Gasteiger partial charge on any atom is -0.503 e. The quantitative estimate of drug-likeness (QED) is 0.130. The summed E-state index contributed by atoms with van der Waals surface area (Å²) >= 11 is 0. The second kappa shape index (κ2) is 10.9. The van der Waals surface area contributed by atoms with Gasteiger partial charge in [0.2, 0.25) is 0 Å². The average molecular weight is 754 g/mol. The molecular weight excluding hydrogens is 724 g/mol. The van der Waals surface area contributed by atoms with Crippen molar-refractivity contribution in [2.45, 2.75) is 39.5 Å². The van der Waals surface area contributed by atoms with Crippen molar-refractivity contribution in [1.82, 2.24) is 18.9 Å². The molecule has 8 rings (SSSR count). The van der Waals surface area contributed by atoms with Gasteiger partial charge in [-0.2, -0.15) is 6.07 Å². The Hall–Kier alpha value is -4.47. The van der Waals surface area contributed by atoms with Crippen LogP contribution in [-0.2, 0) is 21.1 Å². The van der Waals surface area contributed by atoms with E-state index in [4.69, 9.17) is 9.72 Å². The van der Waals surface area contributed by atoms with E-state index in [1.54, 1.807) is 0 Å². The fraction of sp³-hybridized carbons (Fsp3) is 0.158. The monoisotopic (exact) mass is 753 g/mol. The first kappa shape index (κ1) is 28.3. The van der Waals surface area contributed by atoms with Crippen molar-refractivity contribution in [2.75, 3.05) is 0 Å². The van der Waals surface area contributed by atoms with Crippen molar-refractivity contribution in [3.05, 3.63) is 121 Å². The van der Waals surface area contributed by atoms with E-state index in [-0.39, 0.29) is 21.1 Å². The molecule has 0 bridgehead atoms. The van der Waals surface area contributed by atoms with Crippen molar-refractivity contribution in [2.24, 2.45) is 0 Å².